The van der Waals surface area contributed by atoms with E-state index in [1.165, 1.54) is 12.4 Å². The minimum absolute atomic E-state index is 0.224. The Morgan fingerprint density at radius 2 is 1.70 bits per heavy atom. The summed E-state index contributed by atoms with van der Waals surface area (Å²) in [6.45, 7) is -0.261. The molecule has 2 N–H and O–H groups in total. The van der Waals surface area contributed by atoms with E-state index >= 15 is 0 Å². The van der Waals surface area contributed by atoms with Gasteiger partial charge in [0.05, 0.1) is 4.90 Å². The minimum atomic E-state index is -4.19. The first-order valence-electron chi connectivity index (χ1n) is 5.28. The van der Waals surface area contributed by atoms with Crippen LogP contribution in [0.5, 0.6) is 5.75 Å². The van der Waals surface area contributed by atoms with Crippen LogP contribution in [-0.2, 0) is 16.6 Å². The number of benzene rings is 1. The average molecular weight is 301 g/mol. The Kier molecular flexibility index (Phi) is 3.91. The molecule has 0 unspecified atom stereocenters. The number of sulfonamides is 1. The summed E-state index contributed by atoms with van der Waals surface area (Å²) in [5.41, 5.74) is 0. The molecule has 2 aromatic rings. The van der Waals surface area contributed by atoms with E-state index in [4.69, 9.17) is 9.88 Å². The summed E-state index contributed by atoms with van der Waals surface area (Å²) in [7, 11) is -4.19. The second-order valence-corrected chi connectivity index (χ2v) is 5.28. The fraction of sp³-hybridized carbons (Fsp3) is 0.0909. The third-order valence-corrected chi connectivity index (χ3v) is 3.16. The number of ether oxygens (including phenoxy) is 1. The van der Waals surface area contributed by atoms with Crippen molar-refractivity contribution in [2.24, 2.45) is 5.14 Å². The largest absolute Gasteiger partial charge is 0.479 e. The van der Waals surface area contributed by atoms with E-state index in [-0.39, 0.29) is 12.4 Å². The monoisotopic (exact) mass is 301 g/mol. The van der Waals surface area contributed by atoms with Crippen molar-refractivity contribution in [2.75, 3.05) is 0 Å². The molecule has 0 aliphatic rings. The number of hydrogen-bond acceptors (Lipinski definition) is 5. The zero-order valence-corrected chi connectivity index (χ0v) is 10.8. The normalized spacial score (nSPS) is 11.3. The number of halogens is 2. The summed E-state index contributed by atoms with van der Waals surface area (Å²) >= 11 is 0. The second kappa shape index (κ2) is 5.47. The summed E-state index contributed by atoms with van der Waals surface area (Å²) in [6.07, 6.45) is 2.89. The molecular formula is C11H9F2N3O3S. The van der Waals surface area contributed by atoms with Crippen LogP contribution in [-0.4, -0.2) is 18.4 Å². The quantitative estimate of drug-likeness (QED) is 0.908. The second-order valence-electron chi connectivity index (χ2n) is 3.71. The van der Waals surface area contributed by atoms with Gasteiger partial charge in [0.15, 0.2) is 23.2 Å². The van der Waals surface area contributed by atoms with Gasteiger partial charge in [-0.1, -0.05) is 0 Å². The lowest BCUT2D eigenvalue weighted by atomic mass is 10.3. The van der Waals surface area contributed by atoms with E-state index in [1.54, 1.807) is 6.07 Å². The van der Waals surface area contributed by atoms with Crippen LogP contribution >= 0.6 is 0 Å². The Morgan fingerprint density at radius 1 is 1.15 bits per heavy atom. The Balaban J connectivity index is 2.25. The molecule has 106 valence electrons. The smallest absolute Gasteiger partial charge is 0.238 e. The van der Waals surface area contributed by atoms with Crippen molar-refractivity contribution in [2.45, 2.75) is 11.5 Å². The molecule has 1 aromatic heterocycles. The van der Waals surface area contributed by atoms with Crippen LogP contribution in [0.1, 0.15) is 5.82 Å². The van der Waals surface area contributed by atoms with Crippen LogP contribution in [0.2, 0.25) is 0 Å². The topological polar surface area (TPSA) is 95.2 Å². The third kappa shape index (κ3) is 3.25. The molecule has 9 heteroatoms. The fourth-order valence-electron chi connectivity index (χ4n) is 1.38. The lowest BCUT2D eigenvalue weighted by Gasteiger charge is -2.08. The van der Waals surface area contributed by atoms with Crippen LogP contribution in [0.4, 0.5) is 8.78 Å². The van der Waals surface area contributed by atoms with E-state index in [1.807, 2.05) is 0 Å². The van der Waals surface area contributed by atoms with Crippen molar-refractivity contribution in [3.05, 3.63) is 48.1 Å². The first kappa shape index (κ1) is 14.3. The summed E-state index contributed by atoms with van der Waals surface area (Å²) in [5, 5.41) is 4.79. The van der Waals surface area contributed by atoms with Crippen molar-refractivity contribution in [3.63, 3.8) is 0 Å². The maximum atomic E-state index is 13.6. The zero-order chi connectivity index (χ0) is 14.8. The van der Waals surface area contributed by atoms with Gasteiger partial charge in [-0.3, -0.25) is 0 Å². The van der Waals surface area contributed by atoms with E-state index in [0.717, 1.165) is 0 Å². The molecule has 20 heavy (non-hydrogen) atoms. The van der Waals surface area contributed by atoms with E-state index in [2.05, 4.69) is 9.97 Å². The Bertz CT molecular complexity index is 700. The highest BCUT2D eigenvalue weighted by Gasteiger charge is 2.18. The first-order valence-corrected chi connectivity index (χ1v) is 6.83. The molecule has 1 heterocycles. The highest BCUT2D eigenvalue weighted by atomic mass is 32.2. The molecule has 0 radical (unpaired) electrons. The van der Waals surface area contributed by atoms with Crippen molar-refractivity contribution in [3.8, 4) is 5.75 Å². The predicted octanol–water partition coefficient (Wildman–Crippen LogP) is 0.981. The molecule has 0 aliphatic heterocycles. The molecule has 1 aromatic carbocycles. The van der Waals surface area contributed by atoms with Gasteiger partial charge in [0.25, 0.3) is 0 Å². The zero-order valence-electron chi connectivity index (χ0n) is 9.95. The lowest BCUT2D eigenvalue weighted by molar-refractivity contribution is 0.265. The molecule has 0 amide bonds. The maximum absolute atomic E-state index is 13.6. The van der Waals surface area contributed by atoms with Gasteiger partial charge in [0.2, 0.25) is 10.0 Å². The van der Waals surface area contributed by atoms with Crippen LogP contribution in [0, 0.1) is 11.6 Å². The molecular weight excluding hydrogens is 292 g/mol. The molecule has 0 fully saturated rings. The lowest BCUT2D eigenvalue weighted by Crippen LogP contribution is -2.13. The number of hydrogen-bond donors (Lipinski definition) is 1. The van der Waals surface area contributed by atoms with Gasteiger partial charge in [0, 0.05) is 12.4 Å². The van der Waals surface area contributed by atoms with Crippen molar-refractivity contribution in [1.29, 1.82) is 0 Å². The van der Waals surface area contributed by atoms with Gasteiger partial charge in [-0.05, 0) is 18.2 Å². The van der Waals surface area contributed by atoms with Gasteiger partial charge in [0.1, 0.15) is 6.61 Å². The minimum Gasteiger partial charge on any atom is -0.479 e. The maximum Gasteiger partial charge on any atom is 0.238 e. The van der Waals surface area contributed by atoms with Gasteiger partial charge in [-0.25, -0.2) is 32.3 Å². The number of nitrogens with two attached hydrogens (primary N) is 1. The summed E-state index contributed by atoms with van der Waals surface area (Å²) in [6, 6.07) is 2.74. The number of rotatable bonds is 4. The fourth-order valence-corrected chi connectivity index (χ4v) is 1.92. The van der Waals surface area contributed by atoms with Gasteiger partial charge in [-0.2, -0.15) is 0 Å². The van der Waals surface area contributed by atoms with Crippen LogP contribution in [0.15, 0.2) is 35.5 Å². The van der Waals surface area contributed by atoms with E-state index in [0.29, 0.717) is 12.1 Å². The predicted molar refractivity (Wildman–Crippen MR) is 64.1 cm³/mol. The number of aromatic nitrogens is 2. The average Bonchev–Trinajstić information content (AvgIpc) is 2.37. The van der Waals surface area contributed by atoms with Crippen LogP contribution in [0.25, 0.3) is 0 Å². The summed E-state index contributed by atoms with van der Waals surface area (Å²) in [4.78, 5) is 6.96. The van der Waals surface area contributed by atoms with Gasteiger partial charge < -0.3 is 4.74 Å². The standard InChI is InChI=1S/C11H9F2N3O3S/c12-8-4-7(20(14,17)18)5-9(13)11(8)19-6-10-15-2-1-3-16-10/h1-5H,6H2,(H2,14,17,18). The summed E-state index contributed by atoms with van der Waals surface area (Å²) < 4.78 is 54.2. The SMILES string of the molecule is NS(=O)(=O)c1cc(F)c(OCc2ncccn2)c(F)c1. The van der Waals surface area contributed by atoms with Gasteiger partial charge in [-0.15, -0.1) is 0 Å². The molecule has 0 bridgehead atoms. The molecule has 0 aliphatic carbocycles. The van der Waals surface area contributed by atoms with Gasteiger partial charge >= 0.3 is 0 Å². The molecule has 2 rings (SSSR count). The highest BCUT2D eigenvalue weighted by Crippen LogP contribution is 2.25. The molecule has 0 atom stereocenters. The Labute approximate surface area is 113 Å². The first-order chi connectivity index (χ1) is 9.38. The molecule has 0 spiro atoms. The Morgan fingerprint density at radius 3 is 2.20 bits per heavy atom. The third-order valence-electron chi connectivity index (χ3n) is 2.27. The van der Waals surface area contributed by atoms with Crippen molar-refractivity contribution in [1.82, 2.24) is 9.97 Å². The van der Waals surface area contributed by atoms with Crippen molar-refractivity contribution >= 4 is 10.0 Å². The van der Waals surface area contributed by atoms with Crippen LogP contribution in [0.3, 0.4) is 0 Å². The molecule has 0 saturated heterocycles. The van der Waals surface area contributed by atoms with Crippen LogP contribution < -0.4 is 9.88 Å². The molecule has 0 saturated carbocycles. The molecule has 6 nitrogen and oxygen atoms in total. The Hall–Kier alpha value is -2.13. The van der Waals surface area contributed by atoms with Crippen molar-refractivity contribution < 1.29 is 21.9 Å². The summed E-state index contributed by atoms with van der Waals surface area (Å²) in [5.74, 6) is -2.85. The number of nitrogens with zero attached hydrogens (tertiary/aromatic N) is 2. The number of primary sulfonamides is 1. The highest BCUT2D eigenvalue weighted by molar-refractivity contribution is 7.89. The van der Waals surface area contributed by atoms with E-state index < -0.39 is 32.3 Å². The van der Waals surface area contributed by atoms with E-state index in [9.17, 15) is 17.2 Å².